The molecule has 132 valence electrons. The fraction of sp³-hybridized carbons (Fsp3) is 0.350. The molecule has 2 aromatic carbocycles. The summed E-state index contributed by atoms with van der Waals surface area (Å²) in [6.45, 7) is 0.352. The van der Waals surface area contributed by atoms with E-state index < -0.39 is 6.10 Å². The minimum Gasteiger partial charge on any atom is -0.497 e. The molecule has 1 aliphatic heterocycles. The van der Waals surface area contributed by atoms with E-state index in [9.17, 15) is 9.90 Å². The number of methoxy groups -OCH3 is 2. The van der Waals surface area contributed by atoms with Gasteiger partial charge in [-0.15, -0.1) is 0 Å². The number of nitrogens with zero attached hydrogens (tertiary/aromatic N) is 1. The van der Waals surface area contributed by atoms with Gasteiger partial charge < -0.3 is 19.5 Å². The van der Waals surface area contributed by atoms with Crippen molar-refractivity contribution >= 4 is 5.91 Å². The molecule has 0 aliphatic carbocycles. The summed E-state index contributed by atoms with van der Waals surface area (Å²) in [4.78, 5) is 14.6. The number of hydrogen-bond donors (Lipinski definition) is 1. The van der Waals surface area contributed by atoms with Gasteiger partial charge in [-0.05, 0) is 41.8 Å². The number of carbonyl (C=O) groups excluding carboxylic acids is 1. The molecule has 0 aromatic heterocycles. The number of aliphatic hydroxyl groups is 1. The zero-order valence-corrected chi connectivity index (χ0v) is 14.5. The van der Waals surface area contributed by atoms with Gasteiger partial charge >= 0.3 is 0 Å². The van der Waals surface area contributed by atoms with E-state index in [4.69, 9.17) is 9.47 Å². The van der Waals surface area contributed by atoms with Crippen LogP contribution in [0.15, 0.2) is 48.5 Å². The molecule has 1 amide bonds. The van der Waals surface area contributed by atoms with Crippen LogP contribution in [0.4, 0.5) is 0 Å². The summed E-state index contributed by atoms with van der Waals surface area (Å²) in [5, 5.41) is 10.1. The number of ether oxygens (including phenoxy) is 2. The highest BCUT2D eigenvalue weighted by Gasteiger charge is 2.35. The van der Waals surface area contributed by atoms with Crippen LogP contribution in [0, 0.1) is 0 Å². The highest BCUT2D eigenvalue weighted by molar-refractivity contribution is 5.79. The van der Waals surface area contributed by atoms with Crippen molar-refractivity contribution < 1.29 is 19.4 Å². The van der Waals surface area contributed by atoms with Gasteiger partial charge in [0, 0.05) is 6.54 Å². The quantitative estimate of drug-likeness (QED) is 0.908. The minimum absolute atomic E-state index is 0.00220. The lowest BCUT2D eigenvalue weighted by atomic mass is 10.0. The van der Waals surface area contributed by atoms with E-state index >= 15 is 0 Å². The molecule has 0 unspecified atom stereocenters. The second-order valence-electron chi connectivity index (χ2n) is 6.26. The lowest BCUT2D eigenvalue weighted by Crippen LogP contribution is -2.33. The van der Waals surface area contributed by atoms with Crippen LogP contribution >= 0.6 is 0 Å². The molecule has 0 radical (unpaired) electrons. The Bertz CT molecular complexity index is 746. The molecule has 1 N–H and O–H groups in total. The zero-order chi connectivity index (χ0) is 17.8. The van der Waals surface area contributed by atoms with Gasteiger partial charge in [-0.1, -0.05) is 24.3 Å². The summed E-state index contributed by atoms with van der Waals surface area (Å²) in [6, 6.07) is 15.0. The van der Waals surface area contributed by atoms with Crippen molar-refractivity contribution in [1.29, 1.82) is 0 Å². The Morgan fingerprint density at radius 2 is 1.80 bits per heavy atom. The highest BCUT2D eigenvalue weighted by Crippen LogP contribution is 2.34. The van der Waals surface area contributed by atoms with E-state index in [0.717, 1.165) is 22.6 Å². The summed E-state index contributed by atoms with van der Waals surface area (Å²) in [6.07, 6.45) is 0.312. The van der Waals surface area contributed by atoms with Crippen LogP contribution in [0.3, 0.4) is 0 Å². The summed E-state index contributed by atoms with van der Waals surface area (Å²) >= 11 is 0. The third-order valence-electron chi connectivity index (χ3n) is 4.57. The largest absolute Gasteiger partial charge is 0.497 e. The van der Waals surface area contributed by atoms with Gasteiger partial charge in [0.2, 0.25) is 5.91 Å². The second-order valence-corrected chi connectivity index (χ2v) is 6.26. The molecular formula is C20H23NO4. The van der Waals surface area contributed by atoms with Crippen LogP contribution < -0.4 is 9.47 Å². The Labute approximate surface area is 147 Å². The van der Waals surface area contributed by atoms with E-state index in [2.05, 4.69) is 0 Å². The standard InChI is InChI=1S/C20H23NO4/c1-24-17-7-3-5-14(9-17)10-20(23)21-13-16(22)12-19(21)15-6-4-8-18(11-15)25-2/h3-9,11,16,19,22H,10,12-13H2,1-2H3/t16-,19-/m0/s1. The molecule has 1 saturated heterocycles. The Hall–Kier alpha value is -2.53. The predicted octanol–water partition coefficient (Wildman–Crippen LogP) is 2.58. The van der Waals surface area contributed by atoms with Gasteiger partial charge in [-0.2, -0.15) is 0 Å². The molecule has 5 heteroatoms. The molecule has 1 aliphatic rings. The maximum absolute atomic E-state index is 12.8. The maximum atomic E-state index is 12.8. The van der Waals surface area contributed by atoms with Crippen LogP contribution in [0.5, 0.6) is 11.5 Å². The van der Waals surface area contributed by atoms with E-state index in [1.54, 1.807) is 19.1 Å². The van der Waals surface area contributed by atoms with Crippen LogP contribution in [0.25, 0.3) is 0 Å². The van der Waals surface area contributed by atoms with Crippen molar-refractivity contribution in [3.8, 4) is 11.5 Å². The van der Waals surface area contributed by atoms with Crippen molar-refractivity contribution in [2.24, 2.45) is 0 Å². The molecule has 0 spiro atoms. The Kier molecular flexibility index (Phi) is 5.24. The smallest absolute Gasteiger partial charge is 0.227 e. The number of carbonyl (C=O) groups is 1. The monoisotopic (exact) mass is 341 g/mol. The Balaban J connectivity index is 1.79. The first-order chi connectivity index (χ1) is 12.1. The van der Waals surface area contributed by atoms with Crippen LogP contribution in [0.2, 0.25) is 0 Å². The molecule has 25 heavy (non-hydrogen) atoms. The summed E-state index contributed by atoms with van der Waals surface area (Å²) < 4.78 is 10.5. The highest BCUT2D eigenvalue weighted by atomic mass is 16.5. The van der Waals surface area contributed by atoms with E-state index in [-0.39, 0.29) is 18.4 Å². The van der Waals surface area contributed by atoms with Crippen molar-refractivity contribution in [1.82, 2.24) is 4.90 Å². The summed E-state index contributed by atoms with van der Waals surface area (Å²) in [7, 11) is 3.23. The van der Waals surface area contributed by atoms with E-state index in [1.165, 1.54) is 0 Å². The number of aliphatic hydroxyl groups excluding tert-OH is 1. The van der Waals surface area contributed by atoms with E-state index in [0.29, 0.717) is 13.0 Å². The molecule has 1 fully saturated rings. The fourth-order valence-electron chi connectivity index (χ4n) is 3.31. The second kappa shape index (κ2) is 7.57. The van der Waals surface area contributed by atoms with Crippen molar-refractivity contribution in [2.75, 3.05) is 20.8 Å². The first-order valence-corrected chi connectivity index (χ1v) is 8.35. The Morgan fingerprint density at radius 3 is 2.52 bits per heavy atom. The van der Waals surface area contributed by atoms with Crippen LogP contribution in [-0.4, -0.2) is 42.8 Å². The number of rotatable bonds is 5. The average Bonchev–Trinajstić information content (AvgIpc) is 3.04. The maximum Gasteiger partial charge on any atom is 0.227 e. The minimum atomic E-state index is -0.509. The zero-order valence-electron chi connectivity index (χ0n) is 14.5. The average molecular weight is 341 g/mol. The lowest BCUT2D eigenvalue weighted by Gasteiger charge is -2.25. The molecule has 1 heterocycles. The molecule has 0 saturated carbocycles. The third kappa shape index (κ3) is 3.94. The predicted molar refractivity (Wildman–Crippen MR) is 94.8 cm³/mol. The van der Waals surface area contributed by atoms with Gasteiger partial charge in [-0.3, -0.25) is 4.79 Å². The topological polar surface area (TPSA) is 59.0 Å². The molecule has 2 aromatic rings. The number of β-amino-alcohol motifs (C(OH)–C–C–N with tert-alkyl or cyclic N) is 1. The molecule has 2 atom stereocenters. The molecule has 0 bridgehead atoms. The van der Waals surface area contributed by atoms with Gasteiger partial charge in [-0.25, -0.2) is 0 Å². The van der Waals surface area contributed by atoms with Crippen LogP contribution in [0.1, 0.15) is 23.6 Å². The van der Waals surface area contributed by atoms with Gasteiger partial charge in [0.1, 0.15) is 11.5 Å². The third-order valence-corrected chi connectivity index (χ3v) is 4.57. The molecule has 3 rings (SSSR count). The van der Waals surface area contributed by atoms with Crippen molar-refractivity contribution in [2.45, 2.75) is 25.0 Å². The normalized spacial score (nSPS) is 19.7. The first-order valence-electron chi connectivity index (χ1n) is 8.35. The van der Waals surface area contributed by atoms with Gasteiger partial charge in [0.05, 0.1) is 32.8 Å². The molecular weight excluding hydrogens is 318 g/mol. The SMILES string of the molecule is COc1cccc(CC(=O)N2C[C@@H](O)C[C@H]2c2cccc(OC)c2)c1. The summed E-state index contributed by atoms with van der Waals surface area (Å²) in [5.74, 6) is 1.48. The number of hydrogen-bond acceptors (Lipinski definition) is 4. The fourth-order valence-corrected chi connectivity index (χ4v) is 3.31. The first kappa shape index (κ1) is 17.3. The van der Waals surface area contributed by atoms with Crippen molar-refractivity contribution in [3.63, 3.8) is 0 Å². The lowest BCUT2D eigenvalue weighted by molar-refractivity contribution is -0.131. The number of amides is 1. The van der Waals surface area contributed by atoms with Gasteiger partial charge in [0.25, 0.3) is 0 Å². The van der Waals surface area contributed by atoms with E-state index in [1.807, 2.05) is 48.5 Å². The van der Waals surface area contributed by atoms with Crippen molar-refractivity contribution in [3.05, 3.63) is 59.7 Å². The van der Waals surface area contributed by atoms with Gasteiger partial charge in [0.15, 0.2) is 0 Å². The molecule has 5 nitrogen and oxygen atoms in total. The van der Waals surface area contributed by atoms with Crippen LogP contribution in [-0.2, 0) is 11.2 Å². The number of likely N-dealkylation sites (tertiary alicyclic amines) is 1. The Morgan fingerprint density at radius 1 is 1.12 bits per heavy atom. The number of benzene rings is 2. The summed E-state index contributed by atoms with van der Waals surface area (Å²) in [5.41, 5.74) is 1.88.